The van der Waals surface area contributed by atoms with Crippen LogP contribution in [0.4, 0.5) is 5.69 Å². The first-order valence-electron chi connectivity index (χ1n) is 7.97. The highest BCUT2D eigenvalue weighted by molar-refractivity contribution is 9.10. The number of nitrogens with zero attached hydrogens (tertiary/aromatic N) is 2. The summed E-state index contributed by atoms with van der Waals surface area (Å²) in [7, 11) is 0. The Hall–Kier alpha value is -2.83. The van der Waals surface area contributed by atoms with Crippen LogP contribution in [0.1, 0.15) is 11.1 Å². The van der Waals surface area contributed by atoms with Gasteiger partial charge in [-0.3, -0.25) is 5.01 Å². The monoisotopic (exact) mass is 388 g/mol. The van der Waals surface area contributed by atoms with Gasteiger partial charge in [-0.05, 0) is 42.0 Å². The Morgan fingerprint density at radius 3 is 2.16 bits per heavy atom. The van der Waals surface area contributed by atoms with Gasteiger partial charge in [0.05, 0.1) is 11.9 Å². The molecule has 3 aromatic carbocycles. The molecule has 0 heterocycles. The average Bonchev–Trinajstić information content (AvgIpc) is 2.67. The quantitative estimate of drug-likeness (QED) is 0.334. The van der Waals surface area contributed by atoms with Gasteiger partial charge in [-0.2, -0.15) is 5.10 Å². The highest BCUT2D eigenvalue weighted by Crippen LogP contribution is 2.14. The minimum absolute atomic E-state index is 0.520. The van der Waals surface area contributed by atoms with Gasteiger partial charge in [0.1, 0.15) is 6.54 Å². The molecule has 0 unspecified atom stereocenters. The first kappa shape index (κ1) is 17.0. The fourth-order valence-corrected chi connectivity index (χ4v) is 2.49. The molecule has 0 saturated heterocycles. The van der Waals surface area contributed by atoms with E-state index < -0.39 is 0 Å². The average molecular weight is 389 g/mol. The highest BCUT2D eigenvalue weighted by atomic mass is 79.9. The Morgan fingerprint density at radius 2 is 1.48 bits per heavy atom. The lowest BCUT2D eigenvalue weighted by Crippen LogP contribution is -2.16. The summed E-state index contributed by atoms with van der Waals surface area (Å²) in [4.78, 5) is 0. The van der Waals surface area contributed by atoms with Crippen molar-refractivity contribution >= 4 is 27.8 Å². The summed E-state index contributed by atoms with van der Waals surface area (Å²) in [5.41, 5.74) is 3.06. The lowest BCUT2D eigenvalue weighted by molar-refractivity contribution is 0.961. The van der Waals surface area contributed by atoms with E-state index in [1.807, 2.05) is 96.2 Å². The van der Waals surface area contributed by atoms with Crippen LogP contribution in [-0.2, 0) is 0 Å². The number of anilines is 1. The van der Waals surface area contributed by atoms with E-state index in [-0.39, 0.29) is 0 Å². The van der Waals surface area contributed by atoms with Gasteiger partial charge in [-0.25, -0.2) is 0 Å². The van der Waals surface area contributed by atoms with E-state index in [0.29, 0.717) is 6.54 Å². The number of benzene rings is 3. The smallest absolute Gasteiger partial charge is 0.103 e. The van der Waals surface area contributed by atoms with Crippen molar-refractivity contribution in [3.05, 3.63) is 101 Å². The number of hydrogen-bond donors (Lipinski definition) is 0. The molecule has 3 heteroatoms. The van der Waals surface area contributed by atoms with Crippen LogP contribution in [0, 0.1) is 11.8 Å². The predicted molar refractivity (Wildman–Crippen MR) is 109 cm³/mol. The van der Waals surface area contributed by atoms with Gasteiger partial charge in [0.15, 0.2) is 0 Å². The van der Waals surface area contributed by atoms with Crippen LogP contribution in [0.3, 0.4) is 0 Å². The number of para-hydroxylation sites is 1. The van der Waals surface area contributed by atoms with Crippen LogP contribution in [0.25, 0.3) is 0 Å². The fourth-order valence-electron chi connectivity index (χ4n) is 2.22. The van der Waals surface area contributed by atoms with Crippen LogP contribution in [0.15, 0.2) is 94.5 Å². The van der Waals surface area contributed by atoms with Gasteiger partial charge >= 0.3 is 0 Å². The second kappa shape index (κ2) is 8.86. The zero-order valence-corrected chi connectivity index (χ0v) is 15.2. The van der Waals surface area contributed by atoms with E-state index in [9.17, 15) is 0 Å². The summed E-state index contributed by atoms with van der Waals surface area (Å²) in [6.07, 6.45) is 1.85. The zero-order valence-electron chi connectivity index (χ0n) is 13.6. The van der Waals surface area contributed by atoms with Gasteiger partial charge in [0.2, 0.25) is 0 Å². The maximum atomic E-state index is 4.62. The summed E-state index contributed by atoms with van der Waals surface area (Å²) in [6.45, 7) is 0.520. The lowest BCUT2D eigenvalue weighted by atomic mass is 10.2. The molecular weight excluding hydrogens is 372 g/mol. The number of rotatable bonds is 4. The number of halogens is 1. The first-order valence-corrected chi connectivity index (χ1v) is 8.76. The third kappa shape index (κ3) is 5.34. The van der Waals surface area contributed by atoms with Crippen molar-refractivity contribution in [1.29, 1.82) is 0 Å². The highest BCUT2D eigenvalue weighted by Gasteiger charge is 2.01. The third-order valence-corrected chi connectivity index (χ3v) is 4.03. The molecule has 0 amide bonds. The Bertz CT molecular complexity index is 876. The molecule has 0 saturated carbocycles. The van der Waals surface area contributed by atoms with Gasteiger partial charge < -0.3 is 0 Å². The molecule has 0 fully saturated rings. The van der Waals surface area contributed by atoms with E-state index in [2.05, 4.69) is 32.9 Å². The van der Waals surface area contributed by atoms with Gasteiger partial charge in [0.25, 0.3) is 0 Å². The van der Waals surface area contributed by atoms with Gasteiger partial charge in [-0.15, -0.1) is 0 Å². The molecule has 0 aliphatic rings. The van der Waals surface area contributed by atoms with E-state index >= 15 is 0 Å². The molecule has 3 rings (SSSR count). The van der Waals surface area contributed by atoms with Crippen molar-refractivity contribution in [3.8, 4) is 11.8 Å². The van der Waals surface area contributed by atoms with Crippen LogP contribution < -0.4 is 5.01 Å². The Morgan fingerprint density at radius 1 is 0.840 bits per heavy atom. The maximum Gasteiger partial charge on any atom is 0.103 e. The molecule has 122 valence electrons. The fraction of sp³-hybridized carbons (Fsp3) is 0.0455. The van der Waals surface area contributed by atoms with Crippen molar-refractivity contribution in [2.45, 2.75) is 0 Å². The van der Waals surface area contributed by atoms with E-state index in [0.717, 1.165) is 21.3 Å². The molecule has 0 atom stereocenters. The third-order valence-electron chi connectivity index (χ3n) is 3.51. The molecular formula is C22H17BrN2. The van der Waals surface area contributed by atoms with Crippen LogP contribution in [-0.4, -0.2) is 12.8 Å². The summed E-state index contributed by atoms with van der Waals surface area (Å²) in [5.74, 6) is 6.38. The molecule has 0 spiro atoms. The molecule has 0 bridgehead atoms. The van der Waals surface area contributed by atoms with Crippen molar-refractivity contribution in [3.63, 3.8) is 0 Å². The van der Waals surface area contributed by atoms with Crippen molar-refractivity contribution < 1.29 is 0 Å². The SMILES string of the molecule is Brc1ccc(/C=N/N(CC#Cc2ccccc2)c2ccccc2)cc1. The normalized spacial score (nSPS) is 10.3. The zero-order chi connectivity index (χ0) is 17.3. The first-order chi connectivity index (χ1) is 12.3. The summed E-state index contributed by atoms with van der Waals surface area (Å²) in [6, 6.07) is 28.1. The summed E-state index contributed by atoms with van der Waals surface area (Å²) >= 11 is 3.45. The largest absolute Gasteiger partial charge is 0.254 e. The summed E-state index contributed by atoms with van der Waals surface area (Å²) < 4.78 is 1.05. The topological polar surface area (TPSA) is 15.6 Å². The Balaban J connectivity index is 1.78. The Kier molecular flexibility index (Phi) is 6.03. The molecule has 0 radical (unpaired) electrons. The van der Waals surface area contributed by atoms with Crippen LogP contribution in [0.5, 0.6) is 0 Å². The van der Waals surface area contributed by atoms with E-state index in [4.69, 9.17) is 0 Å². The molecule has 0 N–H and O–H groups in total. The maximum absolute atomic E-state index is 4.62. The Labute approximate surface area is 156 Å². The van der Waals surface area contributed by atoms with Gasteiger partial charge in [-0.1, -0.05) is 76.3 Å². The van der Waals surface area contributed by atoms with Gasteiger partial charge in [0, 0.05) is 10.0 Å². The molecule has 2 nitrogen and oxygen atoms in total. The number of hydrazone groups is 1. The lowest BCUT2D eigenvalue weighted by Gasteiger charge is -2.15. The second-order valence-electron chi connectivity index (χ2n) is 5.36. The molecule has 3 aromatic rings. The minimum atomic E-state index is 0.520. The van der Waals surface area contributed by atoms with Crippen molar-refractivity contribution in [2.24, 2.45) is 5.10 Å². The van der Waals surface area contributed by atoms with E-state index in [1.54, 1.807) is 0 Å². The van der Waals surface area contributed by atoms with Crippen molar-refractivity contribution in [2.75, 3.05) is 11.6 Å². The molecule has 0 aliphatic heterocycles. The number of hydrogen-bond acceptors (Lipinski definition) is 2. The molecule has 0 aromatic heterocycles. The molecule has 0 aliphatic carbocycles. The van der Waals surface area contributed by atoms with Crippen LogP contribution in [0.2, 0.25) is 0 Å². The standard InChI is InChI=1S/C22H17BrN2/c23-21-15-13-20(14-16-21)18-24-25(22-11-5-2-6-12-22)17-7-10-19-8-3-1-4-9-19/h1-6,8-9,11-16,18H,17H2/b24-18+. The van der Waals surface area contributed by atoms with Crippen LogP contribution >= 0.6 is 15.9 Å². The summed E-state index contributed by atoms with van der Waals surface area (Å²) in [5, 5.41) is 6.52. The predicted octanol–water partition coefficient (Wildman–Crippen LogP) is 5.34. The minimum Gasteiger partial charge on any atom is -0.254 e. The van der Waals surface area contributed by atoms with E-state index in [1.165, 1.54) is 0 Å². The molecule has 25 heavy (non-hydrogen) atoms. The second-order valence-corrected chi connectivity index (χ2v) is 6.27. The van der Waals surface area contributed by atoms with Crippen molar-refractivity contribution in [1.82, 2.24) is 0 Å².